The van der Waals surface area contributed by atoms with Crippen molar-refractivity contribution in [1.29, 1.82) is 0 Å². The van der Waals surface area contributed by atoms with Crippen LogP contribution in [0.25, 0.3) is 0 Å². The van der Waals surface area contributed by atoms with E-state index in [-0.39, 0.29) is 5.91 Å². The fourth-order valence-electron chi connectivity index (χ4n) is 2.83. The first kappa shape index (κ1) is 16.1. The van der Waals surface area contributed by atoms with Crippen molar-refractivity contribution in [3.8, 4) is 0 Å². The summed E-state index contributed by atoms with van der Waals surface area (Å²) in [5.74, 6) is 1.10. The minimum absolute atomic E-state index is 0.00736. The first-order valence-electron chi connectivity index (χ1n) is 7.78. The largest absolute Gasteiger partial charge is 0.385 e. The van der Waals surface area contributed by atoms with E-state index in [2.05, 4.69) is 22.5 Å². The number of pyridine rings is 1. The Kier molecular flexibility index (Phi) is 5.91. The Labute approximate surface area is 131 Å². The van der Waals surface area contributed by atoms with Crippen molar-refractivity contribution < 1.29 is 4.79 Å². The Morgan fingerprint density at radius 1 is 1.43 bits per heavy atom. The highest BCUT2D eigenvalue weighted by Crippen LogP contribution is 2.30. The molecular formula is C16H25N3OS. The van der Waals surface area contributed by atoms with E-state index >= 15 is 0 Å². The lowest BCUT2D eigenvalue weighted by atomic mass is 10.1. The fraction of sp³-hybridized carbons (Fsp3) is 0.625. The highest BCUT2D eigenvalue weighted by molar-refractivity contribution is 7.99. The molecule has 1 saturated carbocycles. The quantitative estimate of drug-likeness (QED) is 0.847. The van der Waals surface area contributed by atoms with Crippen molar-refractivity contribution in [1.82, 2.24) is 10.3 Å². The summed E-state index contributed by atoms with van der Waals surface area (Å²) >= 11 is 1.96. The Morgan fingerprint density at radius 2 is 2.24 bits per heavy atom. The van der Waals surface area contributed by atoms with E-state index in [4.69, 9.17) is 0 Å². The third-order valence-corrected chi connectivity index (χ3v) is 5.13. The van der Waals surface area contributed by atoms with Gasteiger partial charge < -0.3 is 10.6 Å². The summed E-state index contributed by atoms with van der Waals surface area (Å²) in [5, 5.41) is 7.02. The number of carbonyl (C=O) groups excluding carboxylic acids is 1. The SMILES string of the molecule is CCNc1cc(C)ncc1C(=O)NC1CCCC1SCC. The number of aryl methyl sites for hydroxylation is 1. The second kappa shape index (κ2) is 7.69. The molecule has 1 aliphatic rings. The molecule has 1 aromatic heterocycles. The topological polar surface area (TPSA) is 54.0 Å². The van der Waals surface area contributed by atoms with Gasteiger partial charge in [-0.05, 0) is 38.5 Å². The van der Waals surface area contributed by atoms with E-state index in [9.17, 15) is 4.79 Å². The van der Waals surface area contributed by atoms with Crippen LogP contribution in [0.15, 0.2) is 12.3 Å². The maximum absolute atomic E-state index is 12.6. The minimum atomic E-state index is -0.00736. The third kappa shape index (κ3) is 4.13. The lowest BCUT2D eigenvalue weighted by Crippen LogP contribution is -2.39. The molecule has 0 spiro atoms. The van der Waals surface area contributed by atoms with E-state index in [1.165, 1.54) is 12.8 Å². The van der Waals surface area contributed by atoms with Crippen LogP contribution in [-0.2, 0) is 0 Å². The van der Waals surface area contributed by atoms with Gasteiger partial charge in [0.1, 0.15) is 0 Å². The van der Waals surface area contributed by atoms with Crippen LogP contribution in [0.5, 0.6) is 0 Å². The molecule has 2 unspecified atom stereocenters. The number of aromatic nitrogens is 1. The molecule has 0 aromatic carbocycles. The molecule has 2 N–H and O–H groups in total. The molecule has 4 nitrogen and oxygen atoms in total. The number of nitrogens with zero attached hydrogens (tertiary/aromatic N) is 1. The summed E-state index contributed by atoms with van der Waals surface area (Å²) in [4.78, 5) is 16.8. The molecule has 0 radical (unpaired) electrons. The molecule has 2 rings (SSSR count). The van der Waals surface area contributed by atoms with Crippen molar-refractivity contribution in [3.05, 3.63) is 23.5 Å². The molecule has 2 atom stereocenters. The van der Waals surface area contributed by atoms with Gasteiger partial charge >= 0.3 is 0 Å². The van der Waals surface area contributed by atoms with Crippen LogP contribution in [0.4, 0.5) is 5.69 Å². The summed E-state index contributed by atoms with van der Waals surface area (Å²) < 4.78 is 0. The van der Waals surface area contributed by atoms with Crippen molar-refractivity contribution in [2.75, 3.05) is 17.6 Å². The zero-order valence-corrected chi connectivity index (χ0v) is 13.9. The van der Waals surface area contributed by atoms with Gasteiger partial charge in [0.15, 0.2) is 0 Å². The first-order chi connectivity index (χ1) is 10.2. The number of hydrogen-bond donors (Lipinski definition) is 2. The maximum atomic E-state index is 12.6. The van der Waals surface area contributed by atoms with Crippen LogP contribution < -0.4 is 10.6 Å². The van der Waals surface area contributed by atoms with Crippen molar-refractivity contribution in [2.45, 2.75) is 51.3 Å². The number of rotatable bonds is 6. The number of thioether (sulfide) groups is 1. The molecule has 5 heteroatoms. The molecular weight excluding hydrogens is 282 g/mol. The highest BCUT2D eigenvalue weighted by atomic mass is 32.2. The number of anilines is 1. The summed E-state index contributed by atoms with van der Waals surface area (Å²) in [6.07, 6.45) is 5.17. The van der Waals surface area contributed by atoms with E-state index in [0.29, 0.717) is 16.9 Å². The van der Waals surface area contributed by atoms with E-state index < -0.39 is 0 Å². The molecule has 0 saturated heterocycles. The van der Waals surface area contributed by atoms with Crippen LogP contribution in [-0.4, -0.2) is 34.5 Å². The van der Waals surface area contributed by atoms with Crippen molar-refractivity contribution in [2.24, 2.45) is 0 Å². The van der Waals surface area contributed by atoms with Crippen molar-refractivity contribution in [3.63, 3.8) is 0 Å². The lowest BCUT2D eigenvalue weighted by Gasteiger charge is -2.21. The van der Waals surface area contributed by atoms with Crippen LogP contribution in [0.1, 0.15) is 49.2 Å². The van der Waals surface area contributed by atoms with Crippen LogP contribution in [0, 0.1) is 6.92 Å². The average Bonchev–Trinajstić information content (AvgIpc) is 2.87. The molecule has 21 heavy (non-hydrogen) atoms. The number of amides is 1. The normalized spacial score (nSPS) is 21.3. The van der Waals surface area contributed by atoms with Gasteiger partial charge in [-0.15, -0.1) is 0 Å². The minimum Gasteiger partial charge on any atom is -0.385 e. The Hall–Kier alpha value is -1.23. The number of carbonyl (C=O) groups is 1. The number of hydrogen-bond acceptors (Lipinski definition) is 4. The molecule has 1 aromatic rings. The third-order valence-electron chi connectivity index (χ3n) is 3.80. The van der Waals surface area contributed by atoms with Gasteiger partial charge in [-0.2, -0.15) is 11.8 Å². The van der Waals surface area contributed by atoms with Crippen molar-refractivity contribution >= 4 is 23.4 Å². The Morgan fingerprint density at radius 3 is 2.95 bits per heavy atom. The van der Waals surface area contributed by atoms with Crippen LogP contribution >= 0.6 is 11.8 Å². The monoisotopic (exact) mass is 307 g/mol. The van der Waals surface area contributed by atoms with E-state index in [1.807, 2.05) is 31.7 Å². The van der Waals surface area contributed by atoms with Crippen LogP contribution in [0.3, 0.4) is 0 Å². The summed E-state index contributed by atoms with van der Waals surface area (Å²) in [5.41, 5.74) is 2.44. The standard InChI is InChI=1S/C16H25N3OS/c1-4-17-14-9-11(3)18-10-12(14)16(20)19-13-7-6-8-15(13)21-5-2/h9-10,13,15H,4-8H2,1-3H3,(H,17,18)(H,19,20). The Balaban J connectivity index is 2.09. The van der Waals surface area contributed by atoms with Gasteiger partial charge in [-0.25, -0.2) is 0 Å². The molecule has 1 fully saturated rings. The van der Waals surface area contributed by atoms with Gasteiger partial charge in [-0.3, -0.25) is 9.78 Å². The molecule has 1 aliphatic carbocycles. The second-order valence-corrected chi connectivity index (χ2v) is 6.92. The van der Waals surface area contributed by atoms with E-state index in [1.54, 1.807) is 6.20 Å². The molecule has 0 aliphatic heterocycles. The summed E-state index contributed by atoms with van der Waals surface area (Å²) in [7, 11) is 0. The summed E-state index contributed by atoms with van der Waals surface area (Å²) in [6, 6.07) is 2.23. The zero-order valence-electron chi connectivity index (χ0n) is 13.1. The molecule has 116 valence electrons. The van der Waals surface area contributed by atoms with Crippen LogP contribution in [0.2, 0.25) is 0 Å². The summed E-state index contributed by atoms with van der Waals surface area (Å²) in [6.45, 7) is 6.94. The molecule has 1 amide bonds. The Bertz CT molecular complexity index is 492. The van der Waals surface area contributed by atoms with Gasteiger partial charge in [0.05, 0.1) is 11.3 Å². The predicted octanol–water partition coefficient (Wildman–Crippen LogP) is 3.23. The van der Waals surface area contributed by atoms with Gasteiger partial charge in [0.2, 0.25) is 0 Å². The fourth-order valence-corrected chi connectivity index (χ4v) is 4.03. The first-order valence-corrected chi connectivity index (χ1v) is 8.83. The zero-order chi connectivity index (χ0) is 15.2. The number of nitrogens with one attached hydrogen (secondary N) is 2. The van der Waals surface area contributed by atoms with Gasteiger partial charge in [-0.1, -0.05) is 13.3 Å². The highest BCUT2D eigenvalue weighted by Gasteiger charge is 2.29. The van der Waals surface area contributed by atoms with Gasteiger partial charge in [0, 0.05) is 29.7 Å². The lowest BCUT2D eigenvalue weighted by molar-refractivity contribution is 0.0939. The maximum Gasteiger partial charge on any atom is 0.255 e. The second-order valence-electron chi connectivity index (χ2n) is 5.41. The smallest absolute Gasteiger partial charge is 0.255 e. The predicted molar refractivity (Wildman–Crippen MR) is 90.2 cm³/mol. The van der Waals surface area contributed by atoms with E-state index in [0.717, 1.165) is 30.1 Å². The average molecular weight is 307 g/mol. The molecule has 0 bridgehead atoms. The van der Waals surface area contributed by atoms with Gasteiger partial charge in [0.25, 0.3) is 5.91 Å². The molecule has 1 heterocycles.